The number of rotatable bonds is 6. The van der Waals surface area contributed by atoms with Gasteiger partial charge in [-0.25, -0.2) is 19.2 Å². The van der Waals surface area contributed by atoms with Crippen LogP contribution in [-0.2, 0) is 15.1 Å². The number of hydrogen-bond acceptors (Lipinski definition) is 6. The van der Waals surface area contributed by atoms with Crippen LogP contribution in [0.2, 0.25) is 0 Å². The van der Waals surface area contributed by atoms with Crippen molar-refractivity contribution in [2.75, 3.05) is 11.9 Å². The maximum Gasteiger partial charge on any atom is 0.325 e. The van der Waals surface area contributed by atoms with Gasteiger partial charge in [0.2, 0.25) is 5.91 Å². The smallest absolute Gasteiger partial charge is 0.319 e. The Morgan fingerprint density at radius 1 is 1.06 bits per heavy atom. The minimum atomic E-state index is -1.36. The number of nitrogens with one attached hydrogen (secondary N) is 2. The summed E-state index contributed by atoms with van der Waals surface area (Å²) >= 11 is 0. The van der Waals surface area contributed by atoms with E-state index in [0.717, 1.165) is 16.3 Å². The predicted octanol–water partition coefficient (Wildman–Crippen LogP) is 2.52. The molecule has 0 bridgehead atoms. The summed E-state index contributed by atoms with van der Waals surface area (Å²) in [5, 5.41) is 9.71. The van der Waals surface area contributed by atoms with Crippen LogP contribution in [0.4, 0.5) is 15.0 Å². The van der Waals surface area contributed by atoms with Gasteiger partial charge in [0.25, 0.3) is 11.9 Å². The van der Waals surface area contributed by atoms with Crippen molar-refractivity contribution in [3.8, 4) is 5.95 Å². The highest BCUT2D eigenvalue weighted by atomic mass is 19.1. The van der Waals surface area contributed by atoms with Crippen LogP contribution in [0.5, 0.6) is 0 Å². The Labute approximate surface area is 195 Å². The van der Waals surface area contributed by atoms with E-state index >= 15 is 0 Å². The van der Waals surface area contributed by atoms with Crippen molar-refractivity contribution < 1.29 is 18.8 Å². The van der Waals surface area contributed by atoms with E-state index in [2.05, 4.69) is 25.7 Å². The van der Waals surface area contributed by atoms with Crippen molar-refractivity contribution in [2.45, 2.75) is 39.7 Å². The molecule has 1 fully saturated rings. The van der Waals surface area contributed by atoms with Crippen LogP contribution in [-0.4, -0.2) is 49.0 Å². The summed E-state index contributed by atoms with van der Waals surface area (Å²) in [4.78, 5) is 48.3. The average Bonchev–Trinajstić information content (AvgIpc) is 3.25. The van der Waals surface area contributed by atoms with Gasteiger partial charge >= 0.3 is 6.03 Å². The molecular weight excluding hydrogens is 441 g/mol. The Morgan fingerprint density at radius 3 is 2.32 bits per heavy atom. The molecule has 11 heteroatoms. The van der Waals surface area contributed by atoms with Crippen molar-refractivity contribution in [1.29, 1.82) is 0 Å². The Morgan fingerprint density at radius 2 is 1.71 bits per heavy atom. The van der Waals surface area contributed by atoms with E-state index in [1.165, 1.54) is 28.9 Å². The number of aryl methyl sites for hydroxylation is 3. The predicted molar refractivity (Wildman–Crippen MR) is 121 cm³/mol. The molecule has 1 atom stereocenters. The average molecular weight is 465 g/mol. The summed E-state index contributed by atoms with van der Waals surface area (Å²) in [5.74, 6) is -1.04. The van der Waals surface area contributed by atoms with Crippen molar-refractivity contribution in [2.24, 2.45) is 0 Å². The third-order valence-corrected chi connectivity index (χ3v) is 5.60. The molecule has 2 aromatic heterocycles. The Kier molecular flexibility index (Phi) is 5.86. The van der Waals surface area contributed by atoms with Crippen LogP contribution >= 0.6 is 0 Å². The molecule has 3 heterocycles. The van der Waals surface area contributed by atoms with Crippen LogP contribution in [0.15, 0.2) is 36.4 Å². The zero-order chi connectivity index (χ0) is 24.6. The molecule has 34 heavy (non-hydrogen) atoms. The first-order chi connectivity index (χ1) is 16.1. The minimum absolute atomic E-state index is 0.233. The molecule has 0 radical (unpaired) electrons. The van der Waals surface area contributed by atoms with Gasteiger partial charge in [-0.05, 0) is 51.0 Å². The highest BCUT2D eigenvalue weighted by molar-refractivity contribution is 6.10. The fraction of sp³-hybridized carbons (Fsp3) is 0.304. The van der Waals surface area contributed by atoms with Gasteiger partial charge in [-0.15, -0.1) is 0 Å². The van der Waals surface area contributed by atoms with Gasteiger partial charge in [0.1, 0.15) is 23.7 Å². The number of hydrogen-bond donors (Lipinski definition) is 2. The molecule has 1 aliphatic heterocycles. The number of aromatic nitrogens is 4. The quantitative estimate of drug-likeness (QED) is 0.540. The third-order valence-electron chi connectivity index (χ3n) is 5.60. The van der Waals surface area contributed by atoms with Gasteiger partial charge in [-0.2, -0.15) is 9.78 Å². The van der Waals surface area contributed by atoms with Gasteiger partial charge < -0.3 is 10.6 Å². The molecule has 2 N–H and O–H groups in total. The molecule has 10 nitrogen and oxygen atoms in total. The Balaban J connectivity index is 1.56. The summed E-state index contributed by atoms with van der Waals surface area (Å²) < 4.78 is 14.8. The third kappa shape index (κ3) is 4.12. The normalized spacial score (nSPS) is 17.7. The van der Waals surface area contributed by atoms with Crippen LogP contribution < -0.4 is 10.6 Å². The number of anilines is 1. The highest BCUT2D eigenvalue weighted by Gasteiger charge is 2.51. The molecule has 4 amide bonds. The molecule has 1 unspecified atom stereocenters. The summed E-state index contributed by atoms with van der Waals surface area (Å²) in [6, 6.07) is 8.10. The lowest BCUT2D eigenvalue weighted by Crippen LogP contribution is -2.44. The second kappa shape index (κ2) is 8.65. The molecule has 1 saturated heterocycles. The van der Waals surface area contributed by atoms with Crippen molar-refractivity contribution in [1.82, 2.24) is 30.0 Å². The molecule has 0 saturated carbocycles. The number of nitrogens with zero attached hydrogens (tertiary/aromatic N) is 5. The summed E-state index contributed by atoms with van der Waals surface area (Å²) in [6.07, 6.45) is 0.233. The molecule has 0 aliphatic carbocycles. The molecule has 4 rings (SSSR count). The Bertz CT molecular complexity index is 1270. The maximum absolute atomic E-state index is 13.4. The van der Waals surface area contributed by atoms with E-state index in [1.807, 2.05) is 19.9 Å². The van der Waals surface area contributed by atoms with Crippen molar-refractivity contribution in [3.05, 3.63) is 64.9 Å². The first kappa shape index (κ1) is 23.0. The van der Waals surface area contributed by atoms with Crippen LogP contribution in [0.1, 0.15) is 36.0 Å². The largest absolute Gasteiger partial charge is 0.325 e. The van der Waals surface area contributed by atoms with Crippen molar-refractivity contribution in [3.63, 3.8) is 0 Å². The zero-order valence-electron chi connectivity index (χ0n) is 19.2. The lowest BCUT2D eigenvalue weighted by atomic mass is 9.87. The van der Waals surface area contributed by atoms with E-state index in [0.29, 0.717) is 17.1 Å². The fourth-order valence-corrected chi connectivity index (χ4v) is 4.01. The number of imide groups is 1. The van der Waals surface area contributed by atoms with Gasteiger partial charge in [-0.3, -0.25) is 14.5 Å². The number of amides is 4. The fourth-order valence-electron chi connectivity index (χ4n) is 4.01. The van der Waals surface area contributed by atoms with Crippen LogP contribution in [0.3, 0.4) is 0 Å². The standard InChI is InChI=1S/C23H24FN7O3/c1-5-23(16-6-8-17(24)9-7-16)20(33)30(22(34)28-23)12-19(32)27-18-11-15(4)29-31(18)21-25-13(2)10-14(3)26-21/h6-11H,5,12H2,1-4H3,(H,27,32)(H,28,34). The molecule has 176 valence electrons. The first-order valence-electron chi connectivity index (χ1n) is 10.7. The molecule has 1 aromatic carbocycles. The van der Waals surface area contributed by atoms with Gasteiger partial charge in [0.05, 0.1) is 5.69 Å². The maximum atomic E-state index is 13.4. The monoisotopic (exact) mass is 465 g/mol. The van der Waals surface area contributed by atoms with Gasteiger partial charge in [-0.1, -0.05) is 19.1 Å². The zero-order valence-corrected chi connectivity index (χ0v) is 19.2. The number of halogens is 1. The number of carbonyl (C=O) groups excluding carboxylic acids is 3. The summed E-state index contributed by atoms with van der Waals surface area (Å²) in [5.41, 5.74) is 1.18. The van der Waals surface area contributed by atoms with Gasteiger partial charge in [0.15, 0.2) is 0 Å². The highest BCUT2D eigenvalue weighted by Crippen LogP contribution is 2.32. The number of urea groups is 1. The van der Waals surface area contributed by atoms with E-state index in [4.69, 9.17) is 0 Å². The van der Waals surface area contributed by atoms with Crippen LogP contribution in [0.25, 0.3) is 5.95 Å². The van der Waals surface area contributed by atoms with E-state index in [9.17, 15) is 18.8 Å². The van der Waals surface area contributed by atoms with E-state index in [-0.39, 0.29) is 12.4 Å². The topological polar surface area (TPSA) is 122 Å². The van der Waals surface area contributed by atoms with Crippen LogP contribution in [0, 0.1) is 26.6 Å². The first-order valence-corrected chi connectivity index (χ1v) is 10.7. The lowest BCUT2D eigenvalue weighted by Gasteiger charge is -2.25. The van der Waals surface area contributed by atoms with E-state index < -0.39 is 35.7 Å². The van der Waals surface area contributed by atoms with Gasteiger partial charge in [0, 0.05) is 17.5 Å². The second-order valence-electron chi connectivity index (χ2n) is 8.17. The molecule has 0 spiro atoms. The summed E-state index contributed by atoms with van der Waals surface area (Å²) in [7, 11) is 0. The van der Waals surface area contributed by atoms with Crippen molar-refractivity contribution >= 4 is 23.7 Å². The number of benzene rings is 1. The Hall–Kier alpha value is -4.15. The summed E-state index contributed by atoms with van der Waals surface area (Å²) in [6.45, 7) is 6.63. The SMILES string of the molecule is CCC1(c2ccc(F)cc2)NC(=O)N(CC(=O)Nc2cc(C)nn2-c2nc(C)cc(C)n2)C1=O. The molecular formula is C23H24FN7O3. The second-order valence-corrected chi connectivity index (χ2v) is 8.17. The molecule has 1 aliphatic rings. The minimum Gasteiger partial charge on any atom is -0.319 e. The van der Waals surface area contributed by atoms with E-state index in [1.54, 1.807) is 19.9 Å². The molecule has 3 aromatic rings. The lowest BCUT2D eigenvalue weighted by molar-refractivity contribution is -0.134. The number of carbonyl (C=O) groups is 3.